The van der Waals surface area contributed by atoms with Crippen molar-refractivity contribution in [2.75, 3.05) is 0 Å². The first-order valence-electron chi connectivity index (χ1n) is 2.24. The van der Waals surface area contributed by atoms with Crippen LogP contribution < -0.4 is 11.1 Å². The molecule has 0 aliphatic carbocycles. The second-order valence-electron chi connectivity index (χ2n) is 1.49. The van der Waals surface area contributed by atoms with Gasteiger partial charge in [0.1, 0.15) is 0 Å². The Morgan fingerprint density at radius 3 is 2.88 bits per heavy atom. The third kappa shape index (κ3) is 0.703. The molecule has 0 spiro atoms. The van der Waals surface area contributed by atoms with Crippen molar-refractivity contribution in [1.82, 2.24) is 5.32 Å². The lowest BCUT2D eigenvalue weighted by Crippen LogP contribution is -2.18. The first kappa shape index (κ1) is 4.90. The number of hydrogen-bond acceptors (Lipinski definition) is 3. The van der Waals surface area contributed by atoms with Gasteiger partial charge in [-0.15, -0.1) is 0 Å². The van der Waals surface area contributed by atoms with E-state index in [0.29, 0.717) is 11.4 Å². The van der Waals surface area contributed by atoms with E-state index in [0.717, 1.165) is 0 Å². The Labute approximate surface area is 47.6 Å². The molecule has 42 valence electrons. The maximum Gasteiger partial charge on any atom is 0.0924 e. The molecule has 0 saturated carbocycles. The number of nitrogens with two attached hydrogens (primary N) is 1. The fourth-order valence-corrected chi connectivity index (χ4v) is 0.394. The molecule has 1 aliphatic rings. The van der Waals surface area contributed by atoms with Crippen LogP contribution in [0.25, 0.3) is 0 Å². The Bertz CT molecular complexity index is 167. The van der Waals surface area contributed by atoms with Gasteiger partial charge in [0.2, 0.25) is 0 Å². The SMILES string of the molecule is C=C1NC=NC=C1N. The predicted octanol–water partition coefficient (Wildman–Crippen LogP) is -0.0683. The van der Waals surface area contributed by atoms with Crippen LogP contribution >= 0.6 is 0 Å². The first-order valence-corrected chi connectivity index (χ1v) is 2.24. The molecule has 0 radical (unpaired) electrons. The van der Waals surface area contributed by atoms with Crippen LogP contribution in [0.1, 0.15) is 0 Å². The average molecular weight is 109 g/mol. The van der Waals surface area contributed by atoms with E-state index in [1.165, 1.54) is 0 Å². The summed E-state index contributed by atoms with van der Waals surface area (Å²) in [6.45, 7) is 3.60. The van der Waals surface area contributed by atoms with Crippen molar-refractivity contribution in [3.8, 4) is 0 Å². The zero-order valence-corrected chi connectivity index (χ0v) is 4.39. The summed E-state index contributed by atoms with van der Waals surface area (Å²) in [5.41, 5.74) is 6.66. The lowest BCUT2D eigenvalue weighted by Gasteiger charge is -2.06. The minimum atomic E-state index is 0.590. The van der Waals surface area contributed by atoms with Crippen molar-refractivity contribution in [2.24, 2.45) is 10.7 Å². The van der Waals surface area contributed by atoms with Gasteiger partial charge in [-0.05, 0) is 0 Å². The molecule has 0 atom stereocenters. The second-order valence-corrected chi connectivity index (χ2v) is 1.49. The Kier molecular flexibility index (Phi) is 1.04. The van der Waals surface area contributed by atoms with Crippen molar-refractivity contribution in [2.45, 2.75) is 0 Å². The first-order chi connectivity index (χ1) is 3.80. The molecular weight excluding hydrogens is 102 g/mol. The van der Waals surface area contributed by atoms with Gasteiger partial charge in [-0.2, -0.15) is 0 Å². The van der Waals surface area contributed by atoms with Crippen molar-refractivity contribution in [3.63, 3.8) is 0 Å². The van der Waals surface area contributed by atoms with Gasteiger partial charge in [0.05, 0.1) is 23.9 Å². The van der Waals surface area contributed by atoms with E-state index in [2.05, 4.69) is 16.9 Å². The zero-order chi connectivity index (χ0) is 5.98. The molecule has 0 unspecified atom stereocenters. The summed E-state index contributed by atoms with van der Waals surface area (Å²) < 4.78 is 0. The van der Waals surface area contributed by atoms with E-state index in [1.807, 2.05) is 0 Å². The van der Waals surface area contributed by atoms with Crippen LogP contribution in [-0.2, 0) is 0 Å². The fourth-order valence-electron chi connectivity index (χ4n) is 0.394. The van der Waals surface area contributed by atoms with Crippen LogP contribution in [0.5, 0.6) is 0 Å². The Balaban J connectivity index is 2.80. The molecular formula is C5H7N3. The standard InChI is InChI=1S/C5H7N3/c1-4-5(6)2-7-3-8-4/h2-3H,1,6H2,(H,7,8). The van der Waals surface area contributed by atoms with Crippen LogP contribution in [0.3, 0.4) is 0 Å². The minimum Gasteiger partial charge on any atom is -0.396 e. The number of rotatable bonds is 0. The Hall–Kier alpha value is -1.25. The molecule has 3 N–H and O–H groups in total. The van der Waals surface area contributed by atoms with Gasteiger partial charge in [-0.1, -0.05) is 6.58 Å². The van der Waals surface area contributed by atoms with E-state index in [9.17, 15) is 0 Å². The highest BCUT2D eigenvalue weighted by molar-refractivity contribution is 5.62. The number of nitrogens with zero attached hydrogens (tertiary/aromatic N) is 1. The maximum absolute atomic E-state index is 5.36. The quantitative estimate of drug-likeness (QED) is 0.457. The smallest absolute Gasteiger partial charge is 0.0924 e. The molecule has 0 aromatic carbocycles. The topological polar surface area (TPSA) is 50.4 Å². The van der Waals surface area contributed by atoms with Gasteiger partial charge < -0.3 is 11.1 Å². The van der Waals surface area contributed by atoms with Crippen molar-refractivity contribution in [1.29, 1.82) is 0 Å². The van der Waals surface area contributed by atoms with Crippen molar-refractivity contribution in [3.05, 3.63) is 24.2 Å². The molecule has 0 aromatic heterocycles. The molecule has 0 aromatic rings. The van der Waals surface area contributed by atoms with Gasteiger partial charge in [-0.25, -0.2) is 4.99 Å². The van der Waals surface area contributed by atoms with Crippen LogP contribution in [0.4, 0.5) is 0 Å². The fraction of sp³-hybridized carbons (Fsp3) is 0. The summed E-state index contributed by atoms with van der Waals surface area (Å²) in [6, 6.07) is 0. The molecule has 8 heavy (non-hydrogen) atoms. The summed E-state index contributed by atoms with van der Waals surface area (Å²) in [5.74, 6) is 0. The highest BCUT2D eigenvalue weighted by Gasteiger charge is 1.95. The van der Waals surface area contributed by atoms with Crippen LogP contribution in [0, 0.1) is 0 Å². The monoisotopic (exact) mass is 109 g/mol. The Morgan fingerprint density at radius 1 is 1.75 bits per heavy atom. The van der Waals surface area contributed by atoms with Gasteiger partial charge >= 0.3 is 0 Å². The van der Waals surface area contributed by atoms with Crippen molar-refractivity contribution < 1.29 is 0 Å². The van der Waals surface area contributed by atoms with E-state index in [1.54, 1.807) is 12.5 Å². The molecule has 1 aliphatic heterocycles. The molecule has 0 fully saturated rings. The van der Waals surface area contributed by atoms with E-state index in [4.69, 9.17) is 5.73 Å². The largest absolute Gasteiger partial charge is 0.396 e. The molecule has 3 nitrogen and oxygen atoms in total. The number of nitrogens with one attached hydrogen (secondary N) is 1. The zero-order valence-electron chi connectivity index (χ0n) is 4.39. The summed E-state index contributed by atoms with van der Waals surface area (Å²) >= 11 is 0. The van der Waals surface area contributed by atoms with Gasteiger partial charge in [0.25, 0.3) is 0 Å². The predicted molar refractivity (Wildman–Crippen MR) is 33.0 cm³/mol. The molecule has 1 rings (SSSR count). The third-order valence-electron chi connectivity index (χ3n) is 0.875. The lowest BCUT2D eigenvalue weighted by atomic mass is 10.4. The number of aliphatic imine (C=N–C) groups is 1. The van der Waals surface area contributed by atoms with Gasteiger partial charge in [-0.3, -0.25) is 0 Å². The summed E-state index contributed by atoms with van der Waals surface area (Å²) in [6.07, 6.45) is 3.09. The second kappa shape index (κ2) is 1.69. The lowest BCUT2D eigenvalue weighted by molar-refractivity contribution is 1.09. The summed E-state index contributed by atoms with van der Waals surface area (Å²) in [4.78, 5) is 3.72. The summed E-state index contributed by atoms with van der Waals surface area (Å²) in [5, 5.41) is 2.75. The highest BCUT2D eigenvalue weighted by Crippen LogP contribution is 1.97. The minimum absolute atomic E-state index is 0.590. The average Bonchev–Trinajstić information content (AvgIpc) is 1.77. The van der Waals surface area contributed by atoms with Gasteiger partial charge in [0.15, 0.2) is 0 Å². The van der Waals surface area contributed by atoms with E-state index in [-0.39, 0.29) is 0 Å². The van der Waals surface area contributed by atoms with Gasteiger partial charge in [0, 0.05) is 0 Å². The number of hydrogen-bond donors (Lipinski definition) is 2. The molecule has 0 saturated heterocycles. The molecule has 3 heteroatoms. The van der Waals surface area contributed by atoms with Crippen LogP contribution in [0.2, 0.25) is 0 Å². The van der Waals surface area contributed by atoms with Crippen LogP contribution in [-0.4, -0.2) is 6.34 Å². The van der Waals surface area contributed by atoms with E-state index >= 15 is 0 Å². The van der Waals surface area contributed by atoms with E-state index < -0.39 is 0 Å². The normalized spacial score (nSPS) is 17.5. The Morgan fingerprint density at radius 2 is 2.50 bits per heavy atom. The molecule has 1 heterocycles. The van der Waals surface area contributed by atoms with Crippen LogP contribution in [0.15, 0.2) is 29.2 Å². The third-order valence-corrected chi connectivity index (χ3v) is 0.875. The summed E-state index contributed by atoms with van der Waals surface area (Å²) in [7, 11) is 0. The highest BCUT2D eigenvalue weighted by atomic mass is 15.0. The maximum atomic E-state index is 5.36. The molecule has 0 amide bonds. The van der Waals surface area contributed by atoms with Crippen molar-refractivity contribution >= 4 is 6.34 Å². The molecule has 0 bridgehead atoms.